The van der Waals surface area contributed by atoms with Gasteiger partial charge in [0.25, 0.3) is 0 Å². The average molecular weight is 675 g/mol. The normalized spacial score (nSPS) is 13.6. The number of fused-ring (bicyclic) bond motifs is 12. The lowest BCUT2D eigenvalue weighted by Crippen LogP contribution is -2.14. The van der Waals surface area contributed by atoms with Crippen molar-refractivity contribution in [1.82, 2.24) is 8.97 Å². The molecule has 12 rings (SSSR count). The number of para-hydroxylation sites is 3. The van der Waals surface area contributed by atoms with Gasteiger partial charge < -0.3 is 8.97 Å². The van der Waals surface area contributed by atoms with Crippen molar-refractivity contribution in [2.45, 2.75) is 19.3 Å². The Hall–Kier alpha value is -6.64. The summed E-state index contributed by atoms with van der Waals surface area (Å²) in [5.74, 6) is 0. The van der Waals surface area contributed by atoms with E-state index in [0.717, 1.165) is 0 Å². The van der Waals surface area contributed by atoms with E-state index in [4.69, 9.17) is 0 Å². The van der Waals surface area contributed by atoms with Crippen molar-refractivity contribution in [2.75, 3.05) is 0 Å². The van der Waals surface area contributed by atoms with Crippen LogP contribution in [0.4, 0.5) is 0 Å². The standard InChI is InChI=1S/C51H34N2/c1-51(2)44-18-6-3-13-36(44)37-24-21-33(29-45(37)51)31-11-9-12-35(27-31)52-46-19-7-5-15-39(46)43-28-32(23-26-48(43)52)34-22-25-40-42-17-10-16-41-38-14-4-8-20-47(38)53(50(41)42)49(40)30-34/h3-30H,1-2H3. The fourth-order valence-corrected chi connectivity index (χ4v) is 9.75. The van der Waals surface area contributed by atoms with Crippen molar-refractivity contribution in [2.24, 2.45) is 0 Å². The molecule has 11 aromatic rings. The third kappa shape index (κ3) is 3.82. The third-order valence-electron chi connectivity index (χ3n) is 12.3. The lowest BCUT2D eigenvalue weighted by atomic mass is 9.81. The molecule has 0 amide bonds. The van der Waals surface area contributed by atoms with E-state index in [1.165, 1.54) is 110 Å². The molecule has 2 heteroatoms. The Balaban J connectivity index is 1.01. The topological polar surface area (TPSA) is 9.34 Å². The zero-order valence-corrected chi connectivity index (χ0v) is 29.6. The molecule has 0 atom stereocenters. The molecule has 3 heterocycles. The van der Waals surface area contributed by atoms with Crippen molar-refractivity contribution in [3.63, 3.8) is 0 Å². The van der Waals surface area contributed by atoms with Crippen molar-refractivity contribution in [3.8, 4) is 39.1 Å². The molecule has 248 valence electrons. The molecule has 0 N–H and O–H groups in total. The second-order valence-electron chi connectivity index (χ2n) is 15.4. The van der Waals surface area contributed by atoms with Crippen LogP contribution < -0.4 is 0 Å². The maximum absolute atomic E-state index is 2.47. The van der Waals surface area contributed by atoms with Crippen LogP contribution >= 0.6 is 0 Å². The van der Waals surface area contributed by atoms with Gasteiger partial charge in [-0.3, -0.25) is 0 Å². The van der Waals surface area contributed by atoms with E-state index >= 15 is 0 Å². The minimum Gasteiger partial charge on any atom is -0.309 e. The van der Waals surface area contributed by atoms with E-state index in [-0.39, 0.29) is 5.41 Å². The number of aromatic nitrogens is 2. The minimum atomic E-state index is -0.0329. The van der Waals surface area contributed by atoms with Crippen LogP contribution in [0.1, 0.15) is 25.0 Å². The predicted octanol–water partition coefficient (Wildman–Crippen LogP) is 13.6. The van der Waals surface area contributed by atoms with Gasteiger partial charge in [0, 0.05) is 43.4 Å². The smallest absolute Gasteiger partial charge is 0.0620 e. The summed E-state index contributed by atoms with van der Waals surface area (Å²) in [4.78, 5) is 0. The molecule has 0 saturated carbocycles. The van der Waals surface area contributed by atoms with Crippen LogP contribution in [0.5, 0.6) is 0 Å². The number of nitrogens with zero attached hydrogens (tertiary/aromatic N) is 2. The third-order valence-corrected chi connectivity index (χ3v) is 12.3. The quantitative estimate of drug-likeness (QED) is 0.176. The van der Waals surface area contributed by atoms with E-state index in [9.17, 15) is 0 Å². The summed E-state index contributed by atoms with van der Waals surface area (Å²) < 4.78 is 4.91. The second-order valence-corrected chi connectivity index (χ2v) is 15.4. The molecular weight excluding hydrogens is 641 g/mol. The van der Waals surface area contributed by atoms with Crippen LogP contribution in [-0.2, 0) is 5.41 Å². The summed E-state index contributed by atoms with van der Waals surface area (Å²) in [6, 6.07) is 63.3. The molecule has 1 aliphatic carbocycles. The summed E-state index contributed by atoms with van der Waals surface area (Å²) in [6.07, 6.45) is 0. The Bertz CT molecular complexity index is 3310. The molecule has 0 radical (unpaired) electrons. The van der Waals surface area contributed by atoms with Gasteiger partial charge in [0.05, 0.1) is 27.6 Å². The Kier molecular flexibility index (Phi) is 5.60. The molecule has 0 saturated heterocycles. The van der Waals surface area contributed by atoms with E-state index < -0.39 is 0 Å². The highest BCUT2D eigenvalue weighted by Gasteiger charge is 2.35. The molecule has 0 spiro atoms. The average Bonchev–Trinajstić information content (AvgIpc) is 3.91. The van der Waals surface area contributed by atoms with Crippen molar-refractivity contribution in [3.05, 3.63) is 181 Å². The number of benzene rings is 8. The highest BCUT2D eigenvalue weighted by molar-refractivity contribution is 6.23. The first-order chi connectivity index (χ1) is 26.0. The van der Waals surface area contributed by atoms with Gasteiger partial charge in [-0.05, 0) is 93.0 Å². The molecule has 0 bridgehead atoms. The summed E-state index contributed by atoms with van der Waals surface area (Å²) in [6.45, 7) is 4.71. The van der Waals surface area contributed by atoms with Crippen LogP contribution in [-0.4, -0.2) is 8.97 Å². The zero-order valence-electron chi connectivity index (χ0n) is 29.6. The first kappa shape index (κ1) is 29.0. The summed E-state index contributed by atoms with van der Waals surface area (Å²) in [5.41, 5.74) is 17.9. The largest absolute Gasteiger partial charge is 0.309 e. The summed E-state index contributed by atoms with van der Waals surface area (Å²) >= 11 is 0. The van der Waals surface area contributed by atoms with Crippen LogP contribution in [0.3, 0.4) is 0 Å². The van der Waals surface area contributed by atoms with Gasteiger partial charge in [-0.15, -0.1) is 0 Å². The van der Waals surface area contributed by atoms with Crippen molar-refractivity contribution in [1.29, 1.82) is 0 Å². The lowest BCUT2D eigenvalue weighted by molar-refractivity contribution is 0.660. The van der Waals surface area contributed by atoms with Crippen LogP contribution in [0.15, 0.2) is 170 Å². The maximum atomic E-state index is 2.47. The Morgan fingerprint density at radius 2 is 0.943 bits per heavy atom. The Morgan fingerprint density at radius 3 is 1.81 bits per heavy atom. The highest BCUT2D eigenvalue weighted by atomic mass is 15.0. The number of hydrogen-bond donors (Lipinski definition) is 0. The fraction of sp³-hybridized carbons (Fsp3) is 0.0588. The van der Waals surface area contributed by atoms with Crippen LogP contribution in [0.2, 0.25) is 0 Å². The van der Waals surface area contributed by atoms with E-state index in [0.29, 0.717) is 0 Å². The first-order valence-corrected chi connectivity index (χ1v) is 18.6. The first-order valence-electron chi connectivity index (χ1n) is 18.6. The van der Waals surface area contributed by atoms with Crippen molar-refractivity contribution < 1.29 is 0 Å². The molecule has 0 aliphatic heterocycles. The molecule has 0 fully saturated rings. The predicted molar refractivity (Wildman–Crippen MR) is 224 cm³/mol. The summed E-state index contributed by atoms with van der Waals surface area (Å²) in [7, 11) is 0. The minimum absolute atomic E-state index is 0.0329. The molecule has 2 nitrogen and oxygen atoms in total. The Morgan fingerprint density at radius 1 is 0.358 bits per heavy atom. The van der Waals surface area contributed by atoms with Crippen LogP contribution in [0, 0.1) is 0 Å². The van der Waals surface area contributed by atoms with Gasteiger partial charge in [0.15, 0.2) is 0 Å². The SMILES string of the molecule is CC1(C)c2ccccc2-c2ccc(-c3cccc(-n4c5ccccc5c5cc(-c6ccc7c8cccc9c%10ccccc%10n(c7c6)c98)ccc54)c3)cc21. The molecule has 1 aliphatic rings. The van der Waals surface area contributed by atoms with Crippen molar-refractivity contribution >= 4 is 59.9 Å². The van der Waals surface area contributed by atoms with Gasteiger partial charge in [-0.25, -0.2) is 0 Å². The fourth-order valence-electron chi connectivity index (χ4n) is 9.75. The molecule has 53 heavy (non-hydrogen) atoms. The monoisotopic (exact) mass is 674 g/mol. The van der Waals surface area contributed by atoms with Gasteiger partial charge in [-0.2, -0.15) is 0 Å². The van der Waals surface area contributed by atoms with E-state index in [1.54, 1.807) is 0 Å². The molecule has 3 aromatic heterocycles. The van der Waals surface area contributed by atoms with Crippen LogP contribution in [0.25, 0.3) is 99.0 Å². The van der Waals surface area contributed by atoms with E-state index in [2.05, 4.69) is 193 Å². The lowest BCUT2D eigenvalue weighted by Gasteiger charge is -2.22. The molecular formula is C51H34N2. The highest BCUT2D eigenvalue weighted by Crippen LogP contribution is 2.50. The van der Waals surface area contributed by atoms with E-state index in [1.807, 2.05) is 0 Å². The number of hydrogen-bond acceptors (Lipinski definition) is 0. The molecule has 0 unspecified atom stereocenters. The second kappa shape index (κ2) is 10.2. The molecule has 8 aromatic carbocycles. The Labute approximate surface area is 307 Å². The zero-order chi connectivity index (χ0) is 35.0. The van der Waals surface area contributed by atoms with Gasteiger partial charge in [-0.1, -0.05) is 135 Å². The maximum Gasteiger partial charge on any atom is 0.0620 e. The van der Waals surface area contributed by atoms with Gasteiger partial charge in [0.1, 0.15) is 0 Å². The van der Waals surface area contributed by atoms with Gasteiger partial charge in [0.2, 0.25) is 0 Å². The number of rotatable bonds is 3. The summed E-state index contributed by atoms with van der Waals surface area (Å²) in [5, 5.41) is 7.77. The van der Waals surface area contributed by atoms with Gasteiger partial charge >= 0.3 is 0 Å².